The molecule has 0 rings (SSSR count). The van der Waals surface area contributed by atoms with Gasteiger partial charge in [0.1, 0.15) is 0 Å². The molecule has 1 atom stereocenters. The first kappa shape index (κ1) is 19.9. The largest absolute Gasteiger partial charge is 0.439 e. The standard InChI is InChI=1S/C10H31O4Si5/c1-15(12-17(3,4)5)11-16(2)13-19(9,10)14-18(6,7)8/h15H,1-10H3. The van der Waals surface area contributed by atoms with Crippen molar-refractivity contribution < 1.29 is 16.5 Å². The summed E-state index contributed by atoms with van der Waals surface area (Å²) in [7, 11) is -7.96. The van der Waals surface area contributed by atoms with Gasteiger partial charge in [-0.3, -0.25) is 0 Å². The van der Waals surface area contributed by atoms with Gasteiger partial charge in [0.2, 0.25) is 0 Å². The summed E-state index contributed by atoms with van der Waals surface area (Å²) < 4.78 is 24.2. The highest BCUT2D eigenvalue weighted by Crippen LogP contribution is 2.17. The lowest BCUT2D eigenvalue weighted by Crippen LogP contribution is -2.49. The number of hydrogen-bond donors (Lipinski definition) is 0. The van der Waals surface area contributed by atoms with Crippen molar-refractivity contribution in [1.82, 2.24) is 0 Å². The number of hydrogen-bond acceptors (Lipinski definition) is 4. The SMILES string of the molecule is C[Si](O[SiH](C)O[Si](C)(C)C)O[Si](C)(C)O[Si](C)(C)C. The van der Waals surface area contributed by atoms with E-state index in [-0.39, 0.29) is 0 Å². The van der Waals surface area contributed by atoms with Gasteiger partial charge in [-0.2, -0.15) is 0 Å². The molecule has 9 heteroatoms. The minimum atomic E-state index is -2.07. The van der Waals surface area contributed by atoms with Crippen LogP contribution in [0.1, 0.15) is 0 Å². The first-order valence-corrected chi connectivity index (χ1v) is 20.3. The van der Waals surface area contributed by atoms with E-state index >= 15 is 0 Å². The molecule has 0 aromatic rings. The summed E-state index contributed by atoms with van der Waals surface area (Å²) in [6, 6.07) is 0. The molecule has 0 aromatic heterocycles. The third kappa shape index (κ3) is 12.4. The zero-order chi connectivity index (χ0) is 15.5. The van der Waals surface area contributed by atoms with E-state index in [0.29, 0.717) is 0 Å². The highest BCUT2D eigenvalue weighted by atomic mass is 28.5. The molecule has 0 spiro atoms. The van der Waals surface area contributed by atoms with Crippen molar-refractivity contribution >= 4 is 43.8 Å². The average molecular weight is 356 g/mol. The van der Waals surface area contributed by atoms with E-state index in [2.05, 4.69) is 58.9 Å². The quantitative estimate of drug-likeness (QED) is 0.625. The fraction of sp³-hybridized carbons (Fsp3) is 1.00. The van der Waals surface area contributed by atoms with Gasteiger partial charge in [-0.05, 0) is 65.5 Å². The summed E-state index contributed by atoms with van der Waals surface area (Å²) in [6.07, 6.45) is 0. The summed E-state index contributed by atoms with van der Waals surface area (Å²) in [5.41, 5.74) is 0. The van der Waals surface area contributed by atoms with Crippen LogP contribution in [0.2, 0.25) is 65.5 Å². The molecule has 1 radical (unpaired) electrons. The monoisotopic (exact) mass is 355 g/mol. The Morgan fingerprint density at radius 3 is 1.68 bits per heavy atom. The van der Waals surface area contributed by atoms with Crippen molar-refractivity contribution in [2.75, 3.05) is 0 Å². The van der Waals surface area contributed by atoms with Gasteiger partial charge in [-0.25, -0.2) is 0 Å². The van der Waals surface area contributed by atoms with Crippen LogP contribution in [0.4, 0.5) is 0 Å². The summed E-state index contributed by atoms with van der Waals surface area (Å²) in [4.78, 5) is 0. The van der Waals surface area contributed by atoms with Gasteiger partial charge < -0.3 is 16.5 Å². The second-order valence-electron chi connectivity index (χ2n) is 7.12. The molecule has 0 aliphatic rings. The maximum absolute atomic E-state index is 6.16. The minimum Gasteiger partial charge on any atom is -0.439 e. The van der Waals surface area contributed by atoms with Crippen molar-refractivity contribution in [2.45, 2.75) is 65.5 Å². The van der Waals surface area contributed by atoms with Gasteiger partial charge in [0.05, 0.1) is 0 Å². The zero-order valence-corrected chi connectivity index (χ0v) is 19.4. The number of rotatable bonds is 8. The van der Waals surface area contributed by atoms with Crippen LogP contribution in [0.15, 0.2) is 0 Å². The molecular formula is C10H31O4Si5. The van der Waals surface area contributed by atoms with Gasteiger partial charge in [0.25, 0.3) is 9.28 Å². The van der Waals surface area contributed by atoms with Crippen LogP contribution in [0, 0.1) is 0 Å². The molecule has 0 heterocycles. The van der Waals surface area contributed by atoms with Crippen LogP contribution < -0.4 is 0 Å². The smallest absolute Gasteiger partial charge is 0.362 e. The molecule has 0 bridgehead atoms. The molecular weight excluding hydrogens is 325 g/mol. The van der Waals surface area contributed by atoms with Gasteiger partial charge in [-0.15, -0.1) is 0 Å². The third-order valence-corrected chi connectivity index (χ3v) is 16.1. The lowest BCUT2D eigenvalue weighted by Gasteiger charge is -2.33. The van der Waals surface area contributed by atoms with E-state index in [4.69, 9.17) is 16.5 Å². The lowest BCUT2D eigenvalue weighted by molar-refractivity contribution is 0.333. The maximum atomic E-state index is 6.16. The second kappa shape index (κ2) is 7.27. The Bertz CT molecular complexity index is 274. The van der Waals surface area contributed by atoms with Gasteiger partial charge in [0.15, 0.2) is 16.6 Å². The molecule has 0 aliphatic heterocycles. The fourth-order valence-electron chi connectivity index (χ4n) is 1.88. The normalized spacial score (nSPS) is 15.9. The third-order valence-electron chi connectivity index (χ3n) is 1.79. The molecule has 0 amide bonds. The Morgan fingerprint density at radius 2 is 1.32 bits per heavy atom. The van der Waals surface area contributed by atoms with Gasteiger partial charge >= 0.3 is 17.8 Å². The highest BCUT2D eigenvalue weighted by Gasteiger charge is 2.35. The Hall–Kier alpha value is 0.924. The van der Waals surface area contributed by atoms with Crippen molar-refractivity contribution in [3.8, 4) is 0 Å². The molecule has 0 saturated heterocycles. The summed E-state index contributed by atoms with van der Waals surface area (Å²) in [5, 5.41) is 0. The summed E-state index contributed by atoms with van der Waals surface area (Å²) >= 11 is 0. The second-order valence-corrected chi connectivity index (χ2v) is 24.0. The molecule has 4 nitrogen and oxygen atoms in total. The van der Waals surface area contributed by atoms with E-state index in [1.165, 1.54) is 0 Å². The van der Waals surface area contributed by atoms with E-state index in [0.717, 1.165) is 0 Å². The van der Waals surface area contributed by atoms with E-state index in [1.54, 1.807) is 0 Å². The van der Waals surface area contributed by atoms with Gasteiger partial charge in [0, 0.05) is 0 Å². The van der Waals surface area contributed by atoms with Crippen molar-refractivity contribution in [2.24, 2.45) is 0 Å². The molecule has 0 saturated carbocycles. The van der Waals surface area contributed by atoms with Gasteiger partial charge in [-0.1, -0.05) is 0 Å². The minimum absolute atomic E-state index is 1.27. The Kier molecular flexibility index (Phi) is 7.62. The van der Waals surface area contributed by atoms with Crippen molar-refractivity contribution in [1.29, 1.82) is 0 Å². The molecule has 1 unspecified atom stereocenters. The van der Waals surface area contributed by atoms with Crippen LogP contribution in [-0.4, -0.2) is 43.8 Å². The Morgan fingerprint density at radius 1 is 0.842 bits per heavy atom. The predicted molar refractivity (Wildman–Crippen MR) is 93.1 cm³/mol. The summed E-state index contributed by atoms with van der Waals surface area (Å²) in [6.45, 7) is 21.5. The van der Waals surface area contributed by atoms with Crippen LogP contribution in [-0.2, 0) is 16.5 Å². The van der Waals surface area contributed by atoms with E-state index in [1.807, 2.05) is 6.55 Å². The lowest BCUT2D eigenvalue weighted by atomic mass is 11.8. The Labute approximate surface area is 126 Å². The van der Waals surface area contributed by atoms with E-state index in [9.17, 15) is 0 Å². The van der Waals surface area contributed by atoms with Crippen molar-refractivity contribution in [3.05, 3.63) is 0 Å². The first-order chi connectivity index (χ1) is 8.20. The van der Waals surface area contributed by atoms with Crippen LogP contribution >= 0.6 is 0 Å². The first-order valence-electron chi connectivity index (χ1n) is 6.77. The fourth-order valence-corrected chi connectivity index (χ4v) is 18.2. The molecule has 0 aromatic carbocycles. The zero-order valence-electron chi connectivity index (χ0n) is 14.2. The molecule has 115 valence electrons. The maximum Gasteiger partial charge on any atom is 0.362 e. The summed E-state index contributed by atoms with van der Waals surface area (Å²) in [5.74, 6) is 0. The van der Waals surface area contributed by atoms with Crippen molar-refractivity contribution in [3.63, 3.8) is 0 Å². The topological polar surface area (TPSA) is 36.9 Å². The van der Waals surface area contributed by atoms with Crippen LogP contribution in [0.5, 0.6) is 0 Å². The molecule has 0 fully saturated rings. The molecule has 0 aliphatic carbocycles. The van der Waals surface area contributed by atoms with Crippen LogP contribution in [0.25, 0.3) is 0 Å². The Balaban J connectivity index is 4.26. The highest BCUT2D eigenvalue weighted by molar-refractivity contribution is 6.84. The molecule has 0 N–H and O–H groups in total. The van der Waals surface area contributed by atoms with E-state index < -0.39 is 43.8 Å². The molecule has 19 heavy (non-hydrogen) atoms. The predicted octanol–water partition coefficient (Wildman–Crippen LogP) is 3.39. The van der Waals surface area contributed by atoms with Crippen LogP contribution in [0.3, 0.4) is 0 Å². The average Bonchev–Trinajstić information content (AvgIpc) is 1.89.